The second-order valence-electron chi connectivity index (χ2n) is 5.43. The van der Waals surface area contributed by atoms with E-state index in [2.05, 4.69) is 10.6 Å². The summed E-state index contributed by atoms with van der Waals surface area (Å²) in [4.78, 5) is 12.7. The zero-order chi connectivity index (χ0) is 17.8. The summed E-state index contributed by atoms with van der Waals surface area (Å²) in [7, 11) is 0. The highest BCUT2D eigenvalue weighted by Crippen LogP contribution is 2.34. The number of benzene rings is 2. The Hall–Kier alpha value is -2.37. The van der Waals surface area contributed by atoms with E-state index in [4.69, 9.17) is 28.6 Å². The molecule has 128 valence electrons. The van der Waals surface area contributed by atoms with E-state index in [-0.39, 0.29) is 6.61 Å². The van der Waals surface area contributed by atoms with Crippen molar-refractivity contribution in [1.29, 1.82) is 0 Å². The van der Waals surface area contributed by atoms with Crippen LogP contribution in [0.25, 0.3) is 5.70 Å². The molecule has 0 spiro atoms. The van der Waals surface area contributed by atoms with Gasteiger partial charge in [-0.3, -0.25) is 0 Å². The topological polar surface area (TPSA) is 50.4 Å². The number of nitrogens with one attached hydrogen (secondary N) is 2. The van der Waals surface area contributed by atoms with E-state index in [1.165, 1.54) is 0 Å². The third kappa shape index (κ3) is 3.67. The van der Waals surface area contributed by atoms with Crippen LogP contribution in [0.4, 0.5) is 0 Å². The number of esters is 1. The lowest BCUT2D eigenvalue weighted by atomic mass is 9.93. The Morgan fingerprint density at radius 3 is 2.52 bits per heavy atom. The number of carbonyl (C=O) groups is 1. The van der Waals surface area contributed by atoms with Crippen molar-refractivity contribution in [3.8, 4) is 0 Å². The first kappa shape index (κ1) is 17.5. The van der Waals surface area contributed by atoms with Crippen LogP contribution in [0.15, 0.2) is 60.2 Å². The second-order valence-corrected chi connectivity index (χ2v) is 6.24. The van der Waals surface area contributed by atoms with Gasteiger partial charge >= 0.3 is 5.97 Å². The van der Waals surface area contributed by atoms with Gasteiger partial charge in [0.25, 0.3) is 0 Å². The lowest BCUT2D eigenvalue weighted by Gasteiger charge is -2.31. The summed E-state index contributed by atoms with van der Waals surface area (Å²) in [5.41, 5.74) is 2.71. The van der Waals surface area contributed by atoms with Crippen LogP contribution in [0.2, 0.25) is 5.02 Å². The minimum Gasteiger partial charge on any atom is -0.463 e. The standard InChI is InChI=1S/C19H17ClN2O2S/c1-2-24-18(23)15-16(12-8-4-3-5-9-12)21-19(25)22-17(15)13-10-6-7-11-14(13)20/h3-11,17H,2H2,1H3,(H2,21,22,25). The summed E-state index contributed by atoms with van der Waals surface area (Å²) < 4.78 is 5.30. The van der Waals surface area contributed by atoms with Gasteiger partial charge in [0.05, 0.1) is 23.9 Å². The van der Waals surface area contributed by atoms with Crippen molar-refractivity contribution in [2.45, 2.75) is 13.0 Å². The van der Waals surface area contributed by atoms with Crippen LogP contribution in [0, 0.1) is 0 Å². The molecule has 6 heteroatoms. The normalized spacial score (nSPS) is 16.9. The molecule has 3 rings (SSSR count). The molecule has 1 aliphatic rings. The maximum absolute atomic E-state index is 12.7. The summed E-state index contributed by atoms with van der Waals surface area (Å²) in [6.45, 7) is 2.06. The Morgan fingerprint density at radius 2 is 1.84 bits per heavy atom. The highest BCUT2D eigenvalue weighted by atomic mass is 35.5. The number of carbonyl (C=O) groups excluding carboxylic acids is 1. The summed E-state index contributed by atoms with van der Waals surface area (Å²) in [6, 6.07) is 16.4. The van der Waals surface area contributed by atoms with Crippen LogP contribution in [0.1, 0.15) is 24.1 Å². The number of hydrogen-bond donors (Lipinski definition) is 2. The van der Waals surface area contributed by atoms with Crippen molar-refractivity contribution in [3.05, 3.63) is 76.3 Å². The monoisotopic (exact) mass is 372 g/mol. The predicted octanol–water partition coefficient (Wildman–Crippen LogP) is 3.83. The van der Waals surface area contributed by atoms with Crippen molar-refractivity contribution < 1.29 is 9.53 Å². The van der Waals surface area contributed by atoms with Crippen LogP contribution >= 0.6 is 23.8 Å². The number of hydrogen-bond acceptors (Lipinski definition) is 3. The van der Waals surface area contributed by atoms with Crippen LogP contribution in [0.3, 0.4) is 0 Å². The molecule has 1 heterocycles. The van der Waals surface area contributed by atoms with Gasteiger partial charge in [-0.2, -0.15) is 0 Å². The van der Waals surface area contributed by atoms with E-state index in [1.54, 1.807) is 13.0 Å². The minimum absolute atomic E-state index is 0.282. The molecule has 4 nitrogen and oxygen atoms in total. The summed E-state index contributed by atoms with van der Waals surface area (Å²) >= 11 is 11.7. The number of halogens is 1. The number of ether oxygens (including phenoxy) is 1. The average molecular weight is 373 g/mol. The first-order chi connectivity index (χ1) is 12.1. The highest BCUT2D eigenvalue weighted by Gasteiger charge is 2.33. The zero-order valence-corrected chi connectivity index (χ0v) is 15.2. The molecule has 1 unspecified atom stereocenters. The average Bonchev–Trinajstić information content (AvgIpc) is 2.62. The highest BCUT2D eigenvalue weighted by molar-refractivity contribution is 7.80. The van der Waals surface area contributed by atoms with Gasteiger partial charge in [0.15, 0.2) is 5.11 Å². The smallest absolute Gasteiger partial charge is 0.338 e. The molecule has 0 amide bonds. The van der Waals surface area contributed by atoms with Crippen LogP contribution in [-0.2, 0) is 9.53 Å². The van der Waals surface area contributed by atoms with E-state index < -0.39 is 12.0 Å². The molecule has 0 aliphatic carbocycles. The molecular weight excluding hydrogens is 356 g/mol. The van der Waals surface area contributed by atoms with Gasteiger partial charge in [-0.1, -0.05) is 60.1 Å². The second kappa shape index (κ2) is 7.68. The number of thiocarbonyl (C=S) groups is 1. The summed E-state index contributed by atoms with van der Waals surface area (Å²) in [6.07, 6.45) is 0. The molecule has 0 bridgehead atoms. The van der Waals surface area contributed by atoms with E-state index in [0.29, 0.717) is 21.4 Å². The van der Waals surface area contributed by atoms with Crippen molar-refractivity contribution in [1.82, 2.24) is 10.6 Å². The Bertz CT molecular complexity index is 836. The Balaban J connectivity index is 2.20. The van der Waals surface area contributed by atoms with E-state index >= 15 is 0 Å². The van der Waals surface area contributed by atoms with E-state index in [0.717, 1.165) is 11.1 Å². The molecule has 0 saturated carbocycles. The van der Waals surface area contributed by atoms with Gasteiger partial charge in [-0.15, -0.1) is 0 Å². The van der Waals surface area contributed by atoms with Crippen molar-refractivity contribution in [3.63, 3.8) is 0 Å². The van der Waals surface area contributed by atoms with Gasteiger partial charge in [-0.25, -0.2) is 4.79 Å². The Morgan fingerprint density at radius 1 is 1.16 bits per heavy atom. The summed E-state index contributed by atoms with van der Waals surface area (Å²) in [5.74, 6) is -0.409. The fourth-order valence-corrected chi connectivity index (χ4v) is 3.23. The number of rotatable bonds is 4. The van der Waals surface area contributed by atoms with Crippen LogP contribution in [0.5, 0.6) is 0 Å². The zero-order valence-electron chi connectivity index (χ0n) is 13.6. The fraction of sp³-hybridized carbons (Fsp3) is 0.158. The molecular formula is C19H17ClN2O2S. The third-order valence-corrected chi connectivity index (χ3v) is 4.41. The molecule has 0 radical (unpaired) electrons. The van der Waals surface area contributed by atoms with Crippen molar-refractivity contribution >= 4 is 40.6 Å². The van der Waals surface area contributed by atoms with Gasteiger partial charge in [0, 0.05) is 5.02 Å². The molecule has 0 aromatic heterocycles. The molecule has 2 aromatic carbocycles. The van der Waals surface area contributed by atoms with Gasteiger partial charge in [0.2, 0.25) is 0 Å². The summed E-state index contributed by atoms with van der Waals surface area (Å²) in [5, 5.41) is 7.22. The molecule has 0 saturated heterocycles. The maximum atomic E-state index is 12.7. The first-order valence-electron chi connectivity index (χ1n) is 7.90. The lowest BCUT2D eigenvalue weighted by Crippen LogP contribution is -2.45. The van der Waals surface area contributed by atoms with E-state index in [9.17, 15) is 4.79 Å². The molecule has 2 aromatic rings. The molecule has 25 heavy (non-hydrogen) atoms. The van der Waals surface area contributed by atoms with Gasteiger partial charge in [0.1, 0.15) is 0 Å². The van der Waals surface area contributed by atoms with Crippen molar-refractivity contribution in [2.24, 2.45) is 0 Å². The third-order valence-electron chi connectivity index (χ3n) is 3.85. The molecule has 2 N–H and O–H groups in total. The van der Waals surface area contributed by atoms with Crippen LogP contribution in [-0.4, -0.2) is 17.7 Å². The van der Waals surface area contributed by atoms with Crippen molar-refractivity contribution in [2.75, 3.05) is 6.61 Å². The Kier molecular flexibility index (Phi) is 5.36. The Labute approximate surface area is 156 Å². The van der Waals surface area contributed by atoms with Crippen LogP contribution < -0.4 is 10.6 Å². The first-order valence-corrected chi connectivity index (χ1v) is 8.69. The quantitative estimate of drug-likeness (QED) is 0.631. The fourth-order valence-electron chi connectivity index (χ4n) is 2.77. The predicted molar refractivity (Wildman–Crippen MR) is 103 cm³/mol. The SMILES string of the molecule is CCOC(=O)C1=C(c2ccccc2)NC(=S)NC1c1ccccc1Cl. The molecule has 0 fully saturated rings. The van der Waals surface area contributed by atoms with Gasteiger partial charge in [-0.05, 0) is 36.3 Å². The molecule has 1 aliphatic heterocycles. The molecule has 1 atom stereocenters. The van der Waals surface area contributed by atoms with E-state index in [1.807, 2.05) is 48.5 Å². The largest absolute Gasteiger partial charge is 0.463 e. The maximum Gasteiger partial charge on any atom is 0.338 e. The minimum atomic E-state index is -0.489. The lowest BCUT2D eigenvalue weighted by molar-refractivity contribution is -0.138. The van der Waals surface area contributed by atoms with Gasteiger partial charge < -0.3 is 15.4 Å².